The molecule has 0 saturated carbocycles. The van der Waals surface area contributed by atoms with Crippen molar-refractivity contribution in [1.82, 2.24) is 10.3 Å². The molecular weight excluding hydrogens is 272 g/mol. The minimum atomic E-state index is 0.274. The maximum absolute atomic E-state index is 4.92. The van der Waals surface area contributed by atoms with Crippen molar-refractivity contribution in [3.05, 3.63) is 38.0 Å². The third-order valence-corrected chi connectivity index (χ3v) is 5.60. The molecule has 102 valence electrons. The third kappa shape index (κ3) is 2.91. The van der Waals surface area contributed by atoms with Gasteiger partial charge in [-0.3, -0.25) is 0 Å². The molecule has 0 radical (unpaired) electrons. The summed E-state index contributed by atoms with van der Waals surface area (Å²) in [5.74, 6) is 0. The number of thiophene rings is 1. The molecule has 0 amide bonds. The van der Waals surface area contributed by atoms with Crippen molar-refractivity contribution < 1.29 is 0 Å². The van der Waals surface area contributed by atoms with E-state index >= 15 is 0 Å². The first-order valence-corrected chi connectivity index (χ1v) is 8.71. The Kier molecular flexibility index (Phi) is 4.01. The smallest absolute Gasteiger partial charge is 0.116 e. The first-order chi connectivity index (χ1) is 9.24. The molecule has 2 aromatic rings. The van der Waals surface area contributed by atoms with Crippen LogP contribution in [-0.4, -0.2) is 11.0 Å². The number of rotatable bonds is 4. The van der Waals surface area contributed by atoms with Crippen LogP contribution in [0.2, 0.25) is 0 Å². The standard InChI is InChI=1S/C15H20N2S2/c1-10(2)16-14(13-8-5-9-18-13)15-17-11-6-3-4-7-12(11)19-15/h5,8-10,14,16H,3-4,6-7H2,1-2H3. The molecule has 19 heavy (non-hydrogen) atoms. The molecule has 1 unspecified atom stereocenters. The summed E-state index contributed by atoms with van der Waals surface area (Å²) in [6.45, 7) is 4.41. The van der Waals surface area contributed by atoms with Gasteiger partial charge < -0.3 is 5.32 Å². The van der Waals surface area contributed by atoms with E-state index in [0.717, 1.165) is 0 Å². The highest BCUT2D eigenvalue weighted by molar-refractivity contribution is 7.12. The Morgan fingerprint density at radius 3 is 2.79 bits per heavy atom. The van der Waals surface area contributed by atoms with Gasteiger partial charge in [0, 0.05) is 15.8 Å². The Hall–Kier alpha value is -0.710. The summed E-state index contributed by atoms with van der Waals surface area (Å²) >= 11 is 3.73. The molecule has 3 rings (SSSR count). The largest absolute Gasteiger partial charge is 0.301 e. The summed E-state index contributed by atoms with van der Waals surface area (Å²) in [4.78, 5) is 7.82. The highest BCUT2D eigenvalue weighted by atomic mass is 32.1. The fraction of sp³-hybridized carbons (Fsp3) is 0.533. The zero-order valence-corrected chi connectivity index (χ0v) is 13.1. The lowest BCUT2D eigenvalue weighted by Crippen LogP contribution is -2.28. The molecular formula is C15H20N2S2. The van der Waals surface area contributed by atoms with Gasteiger partial charge in [-0.25, -0.2) is 4.98 Å². The topological polar surface area (TPSA) is 24.9 Å². The molecule has 0 saturated heterocycles. The summed E-state index contributed by atoms with van der Waals surface area (Å²) in [5.41, 5.74) is 1.36. The lowest BCUT2D eigenvalue weighted by atomic mass is 10.0. The summed E-state index contributed by atoms with van der Waals surface area (Å²) in [7, 11) is 0. The van der Waals surface area contributed by atoms with Gasteiger partial charge in [-0.1, -0.05) is 6.07 Å². The maximum atomic E-state index is 4.92. The number of fused-ring (bicyclic) bond motifs is 1. The van der Waals surface area contributed by atoms with Crippen molar-refractivity contribution in [3.63, 3.8) is 0 Å². The van der Waals surface area contributed by atoms with E-state index in [0.29, 0.717) is 6.04 Å². The van der Waals surface area contributed by atoms with Gasteiger partial charge in [0.1, 0.15) is 5.01 Å². The van der Waals surface area contributed by atoms with Crippen LogP contribution in [0.4, 0.5) is 0 Å². The lowest BCUT2D eigenvalue weighted by Gasteiger charge is -2.17. The van der Waals surface area contributed by atoms with E-state index in [-0.39, 0.29) is 6.04 Å². The highest BCUT2D eigenvalue weighted by Crippen LogP contribution is 2.34. The van der Waals surface area contributed by atoms with Gasteiger partial charge in [0.15, 0.2) is 0 Å². The molecule has 0 aromatic carbocycles. The second kappa shape index (κ2) is 5.73. The third-order valence-electron chi connectivity index (χ3n) is 3.44. The predicted octanol–water partition coefficient (Wildman–Crippen LogP) is 4.17. The molecule has 0 aliphatic heterocycles. The summed E-state index contributed by atoms with van der Waals surface area (Å²) in [6, 6.07) is 5.08. The Bertz CT molecular complexity index is 505. The SMILES string of the molecule is CC(C)NC(c1cccs1)c1nc2c(s1)CCCC2. The number of nitrogens with one attached hydrogen (secondary N) is 1. The zero-order chi connectivity index (χ0) is 13.2. The van der Waals surface area contributed by atoms with E-state index in [1.54, 1.807) is 0 Å². The van der Waals surface area contributed by atoms with Crippen LogP contribution < -0.4 is 5.32 Å². The van der Waals surface area contributed by atoms with Gasteiger partial charge in [-0.05, 0) is 51.0 Å². The van der Waals surface area contributed by atoms with E-state index in [4.69, 9.17) is 4.98 Å². The normalized spacial score (nSPS) is 16.6. The number of nitrogens with zero attached hydrogens (tertiary/aromatic N) is 1. The number of hydrogen-bond acceptors (Lipinski definition) is 4. The van der Waals surface area contributed by atoms with Crippen LogP contribution in [0.1, 0.15) is 53.2 Å². The second-order valence-electron chi connectivity index (χ2n) is 5.40. The van der Waals surface area contributed by atoms with Crippen LogP contribution in [0.25, 0.3) is 0 Å². The van der Waals surface area contributed by atoms with Gasteiger partial charge in [-0.2, -0.15) is 0 Å². The zero-order valence-electron chi connectivity index (χ0n) is 11.5. The Labute approximate surface area is 122 Å². The van der Waals surface area contributed by atoms with E-state index in [2.05, 4.69) is 36.7 Å². The second-order valence-corrected chi connectivity index (χ2v) is 7.49. The Balaban J connectivity index is 1.92. The van der Waals surface area contributed by atoms with Crippen molar-refractivity contribution in [2.24, 2.45) is 0 Å². The quantitative estimate of drug-likeness (QED) is 0.915. The van der Waals surface area contributed by atoms with Gasteiger partial charge in [0.25, 0.3) is 0 Å². The van der Waals surface area contributed by atoms with Crippen LogP contribution in [0.3, 0.4) is 0 Å². The van der Waals surface area contributed by atoms with E-state index < -0.39 is 0 Å². The van der Waals surface area contributed by atoms with Crippen LogP contribution >= 0.6 is 22.7 Å². The van der Waals surface area contributed by atoms with Crippen LogP contribution in [-0.2, 0) is 12.8 Å². The fourth-order valence-electron chi connectivity index (χ4n) is 2.56. The van der Waals surface area contributed by atoms with Gasteiger partial charge in [0.2, 0.25) is 0 Å². The maximum Gasteiger partial charge on any atom is 0.116 e. The van der Waals surface area contributed by atoms with Crippen molar-refractivity contribution in [3.8, 4) is 0 Å². The Morgan fingerprint density at radius 2 is 2.11 bits per heavy atom. The molecule has 1 aliphatic carbocycles. The molecule has 2 heterocycles. The molecule has 1 aliphatic rings. The van der Waals surface area contributed by atoms with Crippen LogP contribution in [0.5, 0.6) is 0 Å². The molecule has 2 aromatic heterocycles. The lowest BCUT2D eigenvalue weighted by molar-refractivity contribution is 0.531. The number of aryl methyl sites for hydroxylation is 2. The molecule has 0 bridgehead atoms. The van der Waals surface area contributed by atoms with Crippen molar-refractivity contribution in [2.45, 2.75) is 51.6 Å². The van der Waals surface area contributed by atoms with Crippen LogP contribution in [0.15, 0.2) is 17.5 Å². The van der Waals surface area contributed by atoms with E-state index in [9.17, 15) is 0 Å². The number of hydrogen-bond donors (Lipinski definition) is 1. The van der Waals surface area contributed by atoms with Crippen molar-refractivity contribution >= 4 is 22.7 Å². The number of thiazole rings is 1. The molecule has 0 spiro atoms. The first kappa shape index (κ1) is 13.3. The number of aromatic nitrogens is 1. The van der Waals surface area contributed by atoms with Gasteiger partial charge in [-0.15, -0.1) is 22.7 Å². The van der Waals surface area contributed by atoms with Crippen LogP contribution in [0, 0.1) is 0 Å². The predicted molar refractivity (Wildman–Crippen MR) is 83.2 cm³/mol. The highest BCUT2D eigenvalue weighted by Gasteiger charge is 2.23. The van der Waals surface area contributed by atoms with E-state index in [1.807, 2.05) is 22.7 Å². The van der Waals surface area contributed by atoms with Gasteiger partial charge in [0.05, 0.1) is 11.7 Å². The molecule has 0 fully saturated rings. The summed E-state index contributed by atoms with van der Waals surface area (Å²) in [5, 5.41) is 7.07. The fourth-order valence-corrected chi connectivity index (χ4v) is 4.65. The van der Waals surface area contributed by atoms with Crippen molar-refractivity contribution in [2.75, 3.05) is 0 Å². The Morgan fingerprint density at radius 1 is 1.26 bits per heavy atom. The average molecular weight is 292 g/mol. The first-order valence-electron chi connectivity index (χ1n) is 7.02. The monoisotopic (exact) mass is 292 g/mol. The molecule has 1 atom stereocenters. The average Bonchev–Trinajstić information content (AvgIpc) is 3.04. The molecule has 4 heteroatoms. The summed E-state index contributed by atoms with van der Waals surface area (Å²) in [6.07, 6.45) is 5.03. The van der Waals surface area contributed by atoms with E-state index in [1.165, 1.54) is 46.1 Å². The van der Waals surface area contributed by atoms with Crippen molar-refractivity contribution in [1.29, 1.82) is 0 Å². The minimum Gasteiger partial charge on any atom is -0.301 e. The minimum absolute atomic E-state index is 0.274. The molecule has 2 nitrogen and oxygen atoms in total. The molecule has 1 N–H and O–H groups in total. The summed E-state index contributed by atoms with van der Waals surface area (Å²) < 4.78 is 0. The van der Waals surface area contributed by atoms with Gasteiger partial charge >= 0.3 is 0 Å².